The van der Waals surface area contributed by atoms with E-state index in [9.17, 15) is 0 Å². The molecule has 98 valence electrons. The van der Waals surface area contributed by atoms with Gasteiger partial charge in [-0.15, -0.1) is 24.8 Å². The molecular formula is C15H19Cl2N. The van der Waals surface area contributed by atoms with Crippen molar-refractivity contribution in [2.45, 2.75) is 32.6 Å². The zero-order chi connectivity index (χ0) is 11.4. The molecule has 1 unspecified atom stereocenters. The highest BCUT2D eigenvalue weighted by Crippen LogP contribution is 2.55. The van der Waals surface area contributed by atoms with Gasteiger partial charge in [-0.2, -0.15) is 0 Å². The van der Waals surface area contributed by atoms with Crippen LogP contribution in [-0.4, -0.2) is 6.21 Å². The molecule has 1 aliphatic carbocycles. The second-order valence-corrected chi connectivity index (χ2v) is 5.59. The molecule has 1 atom stereocenters. The minimum atomic E-state index is 0. The van der Waals surface area contributed by atoms with Crippen LogP contribution in [0.2, 0.25) is 0 Å². The molecule has 1 heterocycles. The third-order valence-electron chi connectivity index (χ3n) is 4.60. The maximum Gasteiger partial charge on any atom is 0.0470 e. The fraction of sp³-hybridized carbons (Fsp3) is 0.400. The van der Waals surface area contributed by atoms with Crippen LogP contribution in [-0.2, 0) is 5.41 Å². The number of rotatable bonds is 0. The van der Waals surface area contributed by atoms with Gasteiger partial charge < -0.3 is 0 Å². The van der Waals surface area contributed by atoms with Gasteiger partial charge >= 0.3 is 0 Å². The van der Waals surface area contributed by atoms with E-state index in [-0.39, 0.29) is 35.6 Å². The van der Waals surface area contributed by atoms with E-state index >= 15 is 0 Å². The summed E-state index contributed by atoms with van der Waals surface area (Å²) < 4.78 is 0. The zero-order valence-electron chi connectivity index (χ0n) is 10.9. The highest BCUT2D eigenvalue weighted by Gasteiger charge is 2.49. The molecule has 0 saturated heterocycles. The third-order valence-corrected chi connectivity index (χ3v) is 4.60. The van der Waals surface area contributed by atoms with Crippen LogP contribution in [0.5, 0.6) is 0 Å². The average Bonchev–Trinajstić information content (AvgIpc) is 2.23. The normalized spacial score (nSPS) is 26.3. The molecule has 2 aliphatic rings. The van der Waals surface area contributed by atoms with Gasteiger partial charge in [0.25, 0.3) is 0 Å². The van der Waals surface area contributed by atoms with Gasteiger partial charge in [-0.05, 0) is 23.6 Å². The van der Waals surface area contributed by atoms with E-state index in [2.05, 4.69) is 62.3 Å². The molecular weight excluding hydrogens is 265 g/mol. The number of hydrogen-bond acceptors (Lipinski definition) is 1. The molecule has 0 saturated carbocycles. The van der Waals surface area contributed by atoms with E-state index in [1.807, 2.05) is 0 Å². The summed E-state index contributed by atoms with van der Waals surface area (Å²) in [5.41, 5.74) is 4.36. The van der Waals surface area contributed by atoms with Gasteiger partial charge in [0.05, 0.1) is 0 Å². The number of nitrogens with zero attached hydrogens (tertiary/aromatic N) is 1. The SMILES string of the molecule is CC1(C)C2=Cc3ccccc3C1(C)CC=N2.Cl.Cl. The molecule has 0 fully saturated rings. The van der Waals surface area contributed by atoms with E-state index in [1.54, 1.807) is 0 Å². The largest absolute Gasteiger partial charge is 0.265 e. The van der Waals surface area contributed by atoms with E-state index < -0.39 is 0 Å². The zero-order valence-corrected chi connectivity index (χ0v) is 12.6. The number of benzene rings is 1. The molecule has 2 bridgehead atoms. The highest BCUT2D eigenvalue weighted by molar-refractivity contribution is 5.85. The Hall–Kier alpha value is -0.790. The van der Waals surface area contributed by atoms with Crippen LogP contribution in [0.1, 0.15) is 38.3 Å². The fourth-order valence-electron chi connectivity index (χ4n) is 2.96. The summed E-state index contributed by atoms with van der Waals surface area (Å²) in [5, 5.41) is 0. The Bertz CT molecular complexity index is 517. The van der Waals surface area contributed by atoms with E-state index in [1.165, 1.54) is 16.8 Å². The van der Waals surface area contributed by atoms with Crippen molar-refractivity contribution in [3.8, 4) is 0 Å². The third kappa shape index (κ3) is 1.72. The number of halogens is 2. The molecule has 0 radical (unpaired) electrons. The summed E-state index contributed by atoms with van der Waals surface area (Å²) in [6, 6.07) is 8.72. The molecule has 1 aromatic rings. The molecule has 1 aromatic carbocycles. The van der Waals surface area contributed by atoms with Crippen molar-refractivity contribution in [2.75, 3.05) is 0 Å². The van der Waals surface area contributed by atoms with E-state index in [0.29, 0.717) is 0 Å². The molecule has 0 spiro atoms. The minimum Gasteiger partial charge on any atom is -0.265 e. The molecule has 3 rings (SSSR count). The molecule has 1 nitrogen and oxygen atoms in total. The van der Waals surface area contributed by atoms with Gasteiger partial charge in [-0.25, -0.2) is 0 Å². The molecule has 3 heteroatoms. The Balaban J connectivity index is 0.000000810. The second kappa shape index (κ2) is 4.71. The molecule has 18 heavy (non-hydrogen) atoms. The summed E-state index contributed by atoms with van der Waals surface area (Å²) in [7, 11) is 0. The lowest BCUT2D eigenvalue weighted by Crippen LogP contribution is -2.45. The smallest absolute Gasteiger partial charge is 0.0470 e. The first-order valence-corrected chi connectivity index (χ1v) is 5.90. The Kier molecular flexibility index (Phi) is 4.00. The van der Waals surface area contributed by atoms with Gasteiger partial charge in [0.1, 0.15) is 0 Å². The van der Waals surface area contributed by atoms with Crippen LogP contribution < -0.4 is 0 Å². The van der Waals surface area contributed by atoms with Gasteiger partial charge in [-0.1, -0.05) is 45.0 Å². The van der Waals surface area contributed by atoms with Crippen LogP contribution >= 0.6 is 24.8 Å². The highest BCUT2D eigenvalue weighted by atomic mass is 35.5. The van der Waals surface area contributed by atoms with Crippen molar-refractivity contribution >= 4 is 37.1 Å². The quantitative estimate of drug-likeness (QED) is 0.658. The lowest BCUT2D eigenvalue weighted by Gasteiger charge is -2.50. The Morgan fingerprint density at radius 3 is 2.44 bits per heavy atom. The van der Waals surface area contributed by atoms with Crippen molar-refractivity contribution in [1.82, 2.24) is 0 Å². The van der Waals surface area contributed by atoms with Gasteiger partial charge in [0.15, 0.2) is 0 Å². The van der Waals surface area contributed by atoms with E-state index in [4.69, 9.17) is 0 Å². The topological polar surface area (TPSA) is 12.4 Å². The van der Waals surface area contributed by atoms with Crippen LogP contribution in [0.3, 0.4) is 0 Å². The predicted molar refractivity (Wildman–Crippen MR) is 83.2 cm³/mol. The van der Waals surface area contributed by atoms with Crippen molar-refractivity contribution in [3.05, 3.63) is 41.1 Å². The molecule has 1 aliphatic heterocycles. The van der Waals surface area contributed by atoms with E-state index in [0.717, 1.165) is 6.42 Å². The van der Waals surface area contributed by atoms with Crippen LogP contribution in [0, 0.1) is 5.41 Å². The van der Waals surface area contributed by atoms with Gasteiger partial charge in [0, 0.05) is 22.7 Å². The second-order valence-electron chi connectivity index (χ2n) is 5.59. The van der Waals surface area contributed by atoms with Gasteiger partial charge in [-0.3, -0.25) is 4.99 Å². The Morgan fingerprint density at radius 1 is 1.06 bits per heavy atom. The Morgan fingerprint density at radius 2 is 1.72 bits per heavy atom. The summed E-state index contributed by atoms with van der Waals surface area (Å²) in [6.45, 7) is 6.99. The standard InChI is InChI=1S/C15H17N.2ClH/c1-14(2)13-10-11-6-4-5-7-12(11)15(14,3)8-9-16-13;;/h4-7,9-10H,8H2,1-3H3;2*1H. The first-order chi connectivity index (χ1) is 7.56. The summed E-state index contributed by atoms with van der Waals surface area (Å²) in [4.78, 5) is 4.58. The summed E-state index contributed by atoms with van der Waals surface area (Å²) in [6.07, 6.45) is 5.36. The summed E-state index contributed by atoms with van der Waals surface area (Å²) in [5.74, 6) is 0. The maximum absolute atomic E-state index is 4.58. The Labute approximate surface area is 121 Å². The van der Waals surface area contributed by atoms with Crippen LogP contribution in [0.15, 0.2) is 35.0 Å². The van der Waals surface area contributed by atoms with Crippen molar-refractivity contribution in [3.63, 3.8) is 0 Å². The fourth-order valence-corrected chi connectivity index (χ4v) is 2.96. The minimum absolute atomic E-state index is 0. The van der Waals surface area contributed by atoms with Crippen molar-refractivity contribution in [1.29, 1.82) is 0 Å². The number of aliphatic imine (C=N–C) groups is 1. The molecule has 0 N–H and O–H groups in total. The maximum atomic E-state index is 4.58. The van der Waals surface area contributed by atoms with Crippen molar-refractivity contribution < 1.29 is 0 Å². The lowest BCUT2D eigenvalue weighted by molar-refractivity contribution is 0.221. The first kappa shape index (κ1) is 15.3. The molecule has 0 amide bonds. The average molecular weight is 284 g/mol. The van der Waals surface area contributed by atoms with Crippen LogP contribution in [0.4, 0.5) is 0 Å². The monoisotopic (exact) mass is 283 g/mol. The first-order valence-electron chi connectivity index (χ1n) is 5.90. The predicted octanol–water partition coefficient (Wildman–Crippen LogP) is 4.64. The summed E-state index contributed by atoms with van der Waals surface area (Å²) >= 11 is 0. The number of hydrogen-bond donors (Lipinski definition) is 0. The number of fused-ring (bicyclic) bond motifs is 4. The van der Waals surface area contributed by atoms with Gasteiger partial charge in [0.2, 0.25) is 0 Å². The molecule has 0 aromatic heterocycles. The lowest BCUT2D eigenvalue weighted by atomic mass is 9.55. The van der Waals surface area contributed by atoms with Crippen LogP contribution in [0.25, 0.3) is 6.08 Å². The van der Waals surface area contributed by atoms with Crippen molar-refractivity contribution in [2.24, 2.45) is 10.4 Å². The number of allylic oxidation sites excluding steroid dienone is 1.